The van der Waals surface area contributed by atoms with Crippen LogP contribution in [0.2, 0.25) is 0 Å². The number of nitrogens with one attached hydrogen (secondary N) is 2. The monoisotopic (exact) mass is 430 g/mol. The lowest BCUT2D eigenvalue weighted by atomic mass is 10.1. The lowest BCUT2D eigenvalue weighted by Crippen LogP contribution is -2.43. The molecule has 1 aliphatic rings. The van der Waals surface area contributed by atoms with Crippen molar-refractivity contribution in [3.05, 3.63) is 64.7 Å². The maximum atomic E-state index is 12.6. The van der Waals surface area contributed by atoms with E-state index in [1.54, 1.807) is 25.1 Å². The van der Waals surface area contributed by atoms with Crippen molar-refractivity contribution in [2.24, 2.45) is 0 Å². The lowest BCUT2D eigenvalue weighted by Gasteiger charge is -2.32. The zero-order valence-electron chi connectivity index (χ0n) is 17.8. The second-order valence-corrected chi connectivity index (χ2v) is 9.73. The number of benzene rings is 2. The van der Waals surface area contributed by atoms with E-state index in [0.29, 0.717) is 17.8 Å². The standard InChI is InChI=1S/C22H30N4O3S/c1-17-7-8-20(14-21(17)24-30(3,28)29)22(27)23-15-18-5-4-6-19(13-18)16-26-11-9-25(2)10-12-26/h4-8,13-14,24H,9-12,15-16H2,1-3H3,(H,23,27). The van der Waals surface area contributed by atoms with Crippen LogP contribution in [-0.2, 0) is 23.1 Å². The molecule has 0 bridgehead atoms. The van der Waals surface area contributed by atoms with Gasteiger partial charge in [-0.15, -0.1) is 0 Å². The number of piperazine rings is 1. The molecule has 2 N–H and O–H groups in total. The van der Waals surface area contributed by atoms with Gasteiger partial charge in [-0.2, -0.15) is 0 Å². The molecule has 0 aliphatic carbocycles. The normalized spacial score (nSPS) is 15.7. The molecule has 0 atom stereocenters. The van der Waals surface area contributed by atoms with Gasteiger partial charge in [0.25, 0.3) is 5.91 Å². The zero-order chi connectivity index (χ0) is 21.7. The summed E-state index contributed by atoms with van der Waals surface area (Å²) in [5, 5.41) is 2.92. The third-order valence-corrected chi connectivity index (χ3v) is 5.83. The molecule has 0 spiro atoms. The first-order chi connectivity index (χ1) is 14.2. The molecule has 0 unspecified atom stereocenters. The molecule has 1 amide bonds. The zero-order valence-corrected chi connectivity index (χ0v) is 18.6. The van der Waals surface area contributed by atoms with Gasteiger partial charge in [0.15, 0.2) is 0 Å². The number of sulfonamides is 1. The number of rotatable bonds is 7. The van der Waals surface area contributed by atoms with E-state index < -0.39 is 10.0 Å². The molecule has 0 radical (unpaired) electrons. The lowest BCUT2D eigenvalue weighted by molar-refractivity contribution is 0.0951. The van der Waals surface area contributed by atoms with Gasteiger partial charge in [-0.3, -0.25) is 14.4 Å². The van der Waals surface area contributed by atoms with Gasteiger partial charge in [0.1, 0.15) is 0 Å². The minimum Gasteiger partial charge on any atom is -0.348 e. The molecular weight excluding hydrogens is 400 g/mol. The molecule has 1 fully saturated rings. The summed E-state index contributed by atoms with van der Waals surface area (Å²) in [6.07, 6.45) is 1.09. The van der Waals surface area contributed by atoms with E-state index in [4.69, 9.17) is 0 Å². The topological polar surface area (TPSA) is 81.8 Å². The summed E-state index contributed by atoms with van der Waals surface area (Å²) in [7, 11) is -1.26. The average Bonchev–Trinajstić information content (AvgIpc) is 2.69. The van der Waals surface area contributed by atoms with Crippen molar-refractivity contribution in [3.63, 3.8) is 0 Å². The second-order valence-electron chi connectivity index (χ2n) is 7.99. The largest absolute Gasteiger partial charge is 0.348 e. The van der Waals surface area contributed by atoms with Crippen LogP contribution in [0.5, 0.6) is 0 Å². The van der Waals surface area contributed by atoms with Crippen LogP contribution >= 0.6 is 0 Å². The molecular formula is C22H30N4O3S. The van der Waals surface area contributed by atoms with Gasteiger partial charge in [-0.1, -0.05) is 30.3 Å². The van der Waals surface area contributed by atoms with Crippen molar-refractivity contribution in [1.82, 2.24) is 15.1 Å². The van der Waals surface area contributed by atoms with Gasteiger partial charge >= 0.3 is 0 Å². The molecule has 8 heteroatoms. The first-order valence-corrected chi connectivity index (χ1v) is 11.9. The number of hydrogen-bond donors (Lipinski definition) is 2. The van der Waals surface area contributed by atoms with E-state index in [0.717, 1.165) is 50.1 Å². The number of likely N-dealkylation sites (N-methyl/N-ethyl adjacent to an activating group) is 1. The molecule has 3 rings (SSSR count). The molecule has 1 heterocycles. The van der Waals surface area contributed by atoms with Crippen LogP contribution in [-0.4, -0.2) is 63.6 Å². The fraction of sp³-hybridized carbons (Fsp3) is 0.409. The third-order valence-electron chi connectivity index (χ3n) is 5.24. The van der Waals surface area contributed by atoms with E-state index in [9.17, 15) is 13.2 Å². The van der Waals surface area contributed by atoms with Crippen LogP contribution in [0, 0.1) is 6.92 Å². The van der Waals surface area contributed by atoms with Gasteiger partial charge in [0.2, 0.25) is 10.0 Å². The molecule has 1 saturated heterocycles. The first-order valence-electron chi connectivity index (χ1n) is 10.0. The van der Waals surface area contributed by atoms with Crippen molar-refractivity contribution < 1.29 is 13.2 Å². The number of carbonyl (C=O) groups excluding carboxylic acids is 1. The highest BCUT2D eigenvalue weighted by Crippen LogP contribution is 2.18. The van der Waals surface area contributed by atoms with Crippen LogP contribution < -0.4 is 10.0 Å². The van der Waals surface area contributed by atoms with Gasteiger partial charge in [0, 0.05) is 44.8 Å². The van der Waals surface area contributed by atoms with E-state index in [2.05, 4.69) is 39.0 Å². The average molecular weight is 431 g/mol. The number of nitrogens with zero attached hydrogens (tertiary/aromatic N) is 2. The van der Waals surface area contributed by atoms with Gasteiger partial charge in [0.05, 0.1) is 11.9 Å². The summed E-state index contributed by atoms with van der Waals surface area (Å²) in [4.78, 5) is 17.4. The number of carbonyl (C=O) groups is 1. The van der Waals surface area contributed by atoms with Gasteiger partial charge in [-0.25, -0.2) is 8.42 Å². The number of aryl methyl sites for hydroxylation is 1. The van der Waals surface area contributed by atoms with E-state index in [1.165, 1.54) is 5.56 Å². The van der Waals surface area contributed by atoms with Crippen molar-refractivity contribution in [2.75, 3.05) is 44.2 Å². The molecule has 162 valence electrons. The fourth-order valence-electron chi connectivity index (χ4n) is 3.46. The van der Waals surface area contributed by atoms with E-state index in [1.807, 2.05) is 12.1 Å². The Labute approximate surface area is 179 Å². The van der Waals surface area contributed by atoms with Gasteiger partial charge < -0.3 is 10.2 Å². The quantitative estimate of drug-likeness (QED) is 0.703. The molecule has 1 aliphatic heterocycles. The van der Waals surface area contributed by atoms with Crippen molar-refractivity contribution in [3.8, 4) is 0 Å². The maximum Gasteiger partial charge on any atom is 0.251 e. The van der Waals surface area contributed by atoms with Crippen molar-refractivity contribution >= 4 is 21.6 Å². The SMILES string of the molecule is Cc1ccc(C(=O)NCc2cccc(CN3CCN(C)CC3)c2)cc1NS(C)(=O)=O. The highest BCUT2D eigenvalue weighted by Gasteiger charge is 2.14. The molecule has 0 aromatic heterocycles. The highest BCUT2D eigenvalue weighted by atomic mass is 32.2. The highest BCUT2D eigenvalue weighted by molar-refractivity contribution is 7.92. The Hall–Kier alpha value is -2.42. The fourth-order valence-corrected chi connectivity index (χ4v) is 4.08. The Morgan fingerprint density at radius 1 is 1.03 bits per heavy atom. The predicted octanol–water partition coefficient (Wildman–Crippen LogP) is 2.04. The molecule has 0 saturated carbocycles. The van der Waals surface area contributed by atoms with E-state index >= 15 is 0 Å². The predicted molar refractivity (Wildman–Crippen MR) is 120 cm³/mol. The molecule has 2 aromatic carbocycles. The van der Waals surface area contributed by atoms with Crippen LogP contribution in [0.4, 0.5) is 5.69 Å². The number of amides is 1. The molecule has 7 nitrogen and oxygen atoms in total. The molecule has 30 heavy (non-hydrogen) atoms. The Morgan fingerprint density at radius 2 is 1.73 bits per heavy atom. The minimum atomic E-state index is -3.41. The van der Waals surface area contributed by atoms with Crippen LogP contribution in [0.25, 0.3) is 0 Å². The minimum absolute atomic E-state index is 0.240. The van der Waals surface area contributed by atoms with Crippen LogP contribution in [0.3, 0.4) is 0 Å². The van der Waals surface area contributed by atoms with Crippen molar-refractivity contribution in [1.29, 1.82) is 0 Å². The Morgan fingerprint density at radius 3 is 2.43 bits per heavy atom. The Bertz CT molecular complexity index is 999. The van der Waals surface area contributed by atoms with E-state index in [-0.39, 0.29) is 5.91 Å². The molecule has 2 aromatic rings. The summed E-state index contributed by atoms with van der Waals surface area (Å²) < 4.78 is 25.5. The summed E-state index contributed by atoms with van der Waals surface area (Å²) in [6, 6.07) is 13.3. The first kappa shape index (κ1) is 22.3. The van der Waals surface area contributed by atoms with Crippen LogP contribution in [0.15, 0.2) is 42.5 Å². The van der Waals surface area contributed by atoms with Gasteiger partial charge in [-0.05, 0) is 42.8 Å². The summed E-state index contributed by atoms with van der Waals surface area (Å²) in [6.45, 7) is 7.42. The summed E-state index contributed by atoms with van der Waals surface area (Å²) in [5.41, 5.74) is 3.87. The Balaban J connectivity index is 1.60. The van der Waals surface area contributed by atoms with Crippen LogP contribution in [0.1, 0.15) is 27.0 Å². The third kappa shape index (κ3) is 6.55. The van der Waals surface area contributed by atoms with Crippen molar-refractivity contribution in [2.45, 2.75) is 20.0 Å². The number of hydrogen-bond acceptors (Lipinski definition) is 5. The Kier molecular flexibility index (Phi) is 7.12. The number of anilines is 1. The maximum absolute atomic E-state index is 12.6. The summed E-state index contributed by atoms with van der Waals surface area (Å²) in [5.74, 6) is -0.240. The second kappa shape index (κ2) is 9.59. The smallest absolute Gasteiger partial charge is 0.251 e. The summed E-state index contributed by atoms with van der Waals surface area (Å²) >= 11 is 0.